The van der Waals surface area contributed by atoms with Gasteiger partial charge in [0.05, 0.1) is 12.6 Å². The number of nitrogens with one attached hydrogen (secondary N) is 1. The minimum atomic E-state index is -4.21. The summed E-state index contributed by atoms with van der Waals surface area (Å²) >= 11 is 0. The van der Waals surface area contributed by atoms with Crippen LogP contribution in [-0.2, 0) is 0 Å². The molecule has 0 aromatic rings. The maximum atomic E-state index is 12.8. The van der Waals surface area contributed by atoms with Crippen molar-refractivity contribution in [3.8, 4) is 6.07 Å². The highest BCUT2D eigenvalue weighted by atomic mass is 19.4. The van der Waals surface area contributed by atoms with Crippen LogP contribution in [0.2, 0.25) is 0 Å². The van der Waals surface area contributed by atoms with Crippen LogP contribution in [0, 0.1) is 11.3 Å². The number of alkyl halides is 3. The SMILES string of the molecule is CC(C)NC1(C#N)CCCC(N(CC(F)(F)F)C(C)C)C1. The second-order valence-corrected chi connectivity index (χ2v) is 6.62. The van der Waals surface area contributed by atoms with Gasteiger partial charge in [0, 0.05) is 18.1 Å². The minimum absolute atomic E-state index is 0.138. The third-order valence-corrected chi connectivity index (χ3v) is 4.00. The van der Waals surface area contributed by atoms with Crippen molar-refractivity contribution in [2.24, 2.45) is 0 Å². The van der Waals surface area contributed by atoms with Gasteiger partial charge in [0.2, 0.25) is 0 Å². The summed E-state index contributed by atoms with van der Waals surface area (Å²) < 4.78 is 38.4. The molecular weight excluding hydrogens is 279 g/mol. The van der Waals surface area contributed by atoms with Crippen LogP contribution in [0.3, 0.4) is 0 Å². The summed E-state index contributed by atoms with van der Waals surface area (Å²) in [4.78, 5) is 1.49. The van der Waals surface area contributed by atoms with Gasteiger partial charge in [-0.3, -0.25) is 10.2 Å². The van der Waals surface area contributed by atoms with Gasteiger partial charge >= 0.3 is 6.18 Å². The van der Waals surface area contributed by atoms with E-state index in [-0.39, 0.29) is 18.1 Å². The molecule has 0 radical (unpaired) electrons. The van der Waals surface area contributed by atoms with Gasteiger partial charge in [-0.2, -0.15) is 18.4 Å². The maximum Gasteiger partial charge on any atom is 0.401 e. The van der Waals surface area contributed by atoms with Crippen molar-refractivity contribution in [3.63, 3.8) is 0 Å². The van der Waals surface area contributed by atoms with Gasteiger partial charge < -0.3 is 0 Å². The Bertz CT molecular complexity index is 373. The highest BCUT2D eigenvalue weighted by molar-refractivity contribution is 5.12. The van der Waals surface area contributed by atoms with E-state index in [2.05, 4.69) is 11.4 Å². The van der Waals surface area contributed by atoms with Gasteiger partial charge in [-0.15, -0.1) is 0 Å². The average Bonchev–Trinajstić information content (AvgIpc) is 2.34. The van der Waals surface area contributed by atoms with E-state index in [1.165, 1.54) is 4.90 Å². The number of hydrogen-bond acceptors (Lipinski definition) is 3. The fraction of sp³-hybridized carbons (Fsp3) is 0.933. The number of nitriles is 1. The Balaban J connectivity index is 2.88. The molecule has 0 aromatic heterocycles. The van der Waals surface area contributed by atoms with Gasteiger partial charge in [0.25, 0.3) is 0 Å². The first-order chi connectivity index (χ1) is 9.58. The molecule has 122 valence electrons. The first-order valence-corrected chi connectivity index (χ1v) is 7.60. The molecule has 3 nitrogen and oxygen atoms in total. The first-order valence-electron chi connectivity index (χ1n) is 7.60. The number of hydrogen-bond donors (Lipinski definition) is 1. The lowest BCUT2D eigenvalue weighted by Crippen LogP contribution is -2.56. The van der Waals surface area contributed by atoms with Crippen LogP contribution in [-0.4, -0.2) is 41.3 Å². The number of halogens is 3. The zero-order chi connectivity index (χ0) is 16.3. The maximum absolute atomic E-state index is 12.8. The van der Waals surface area contributed by atoms with Gasteiger partial charge in [-0.25, -0.2) is 0 Å². The number of rotatable bonds is 5. The van der Waals surface area contributed by atoms with E-state index in [1.54, 1.807) is 13.8 Å². The average molecular weight is 305 g/mol. The van der Waals surface area contributed by atoms with Crippen LogP contribution in [0.25, 0.3) is 0 Å². The van der Waals surface area contributed by atoms with Gasteiger partial charge in [0.1, 0.15) is 5.54 Å². The van der Waals surface area contributed by atoms with Crippen LogP contribution in [0.15, 0.2) is 0 Å². The van der Waals surface area contributed by atoms with Crippen molar-refractivity contribution < 1.29 is 13.2 Å². The quantitative estimate of drug-likeness (QED) is 0.845. The van der Waals surface area contributed by atoms with Gasteiger partial charge in [-0.05, 0) is 53.4 Å². The second kappa shape index (κ2) is 6.97. The fourth-order valence-electron chi connectivity index (χ4n) is 3.29. The van der Waals surface area contributed by atoms with E-state index in [9.17, 15) is 18.4 Å². The van der Waals surface area contributed by atoms with E-state index >= 15 is 0 Å². The molecule has 0 bridgehead atoms. The molecule has 2 unspecified atom stereocenters. The van der Waals surface area contributed by atoms with E-state index in [4.69, 9.17) is 0 Å². The fourth-order valence-corrected chi connectivity index (χ4v) is 3.29. The standard InChI is InChI=1S/C15H26F3N3/c1-11(2)20-14(9-19)7-5-6-13(8-14)21(12(3)4)10-15(16,17)18/h11-13,20H,5-8,10H2,1-4H3. The third-order valence-electron chi connectivity index (χ3n) is 4.00. The smallest absolute Gasteiger partial charge is 0.297 e. The first kappa shape index (κ1) is 18.2. The van der Waals surface area contributed by atoms with Crippen LogP contribution in [0.1, 0.15) is 53.4 Å². The Morgan fingerprint density at radius 3 is 2.38 bits per heavy atom. The van der Waals surface area contributed by atoms with Crippen LogP contribution in [0.4, 0.5) is 13.2 Å². The zero-order valence-corrected chi connectivity index (χ0v) is 13.3. The lowest BCUT2D eigenvalue weighted by atomic mass is 9.78. The Morgan fingerprint density at radius 2 is 1.95 bits per heavy atom. The monoisotopic (exact) mass is 305 g/mol. The molecule has 0 aromatic carbocycles. The van der Waals surface area contributed by atoms with Gasteiger partial charge in [0.15, 0.2) is 0 Å². The zero-order valence-electron chi connectivity index (χ0n) is 13.3. The lowest BCUT2D eigenvalue weighted by molar-refractivity contribution is -0.157. The van der Waals surface area contributed by atoms with Crippen molar-refractivity contribution >= 4 is 0 Å². The predicted molar refractivity (Wildman–Crippen MR) is 76.8 cm³/mol. The summed E-state index contributed by atoms with van der Waals surface area (Å²) in [6.07, 6.45) is -1.55. The molecule has 1 aliphatic rings. The van der Waals surface area contributed by atoms with Crippen LogP contribution < -0.4 is 5.32 Å². The van der Waals surface area contributed by atoms with Crippen molar-refractivity contribution in [3.05, 3.63) is 0 Å². The van der Waals surface area contributed by atoms with E-state index in [0.29, 0.717) is 12.8 Å². The molecule has 0 aliphatic heterocycles. The van der Waals surface area contributed by atoms with Gasteiger partial charge in [-0.1, -0.05) is 0 Å². The van der Waals surface area contributed by atoms with Crippen LogP contribution in [0.5, 0.6) is 0 Å². The molecule has 6 heteroatoms. The minimum Gasteiger partial charge on any atom is -0.297 e. The molecular formula is C15H26F3N3. The van der Waals surface area contributed by atoms with Crippen LogP contribution >= 0.6 is 0 Å². The van der Waals surface area contributed by atoms with Crippen molar-refractivity contribution in [2.45, 2.75) is 83.2 Å². The van der Waals surface area contributed by atoms with E-state index in [0.717, 1.165) is 12.8 Å². The highest BCUT2D eigenvalue weighted by Crippen LogP contribution is 2.33. The lowest BCUT2D eigenvalue weighted by Gasteiger charge is -2.44. The predicted octanol–water partition coefficient (Wildman–Crippen LogP) is 3.46. The van der Waals surface area contributed by atoms with Crippen molar-refractivity contribution in [1.82, 2.24) is 10.2 Å². The Morgan fingerprint density at radius 1 is 1.33 bits per heavy atom. The summed E-state index contributed by atoms with van der Waals surface area (Å²) in [6, 6.07) is 2.06. The molecule has 1 aliphatic carbocycles. The van der Waals surface area contributed by atoms with Crippen molar-refractivity contribution in [2.75, 3.05) is 6.54 Å². The molecule has 1 saturated carbocycles. The Kier molecular flexibility index (Phi) is 6.06. The molecule has 0 saturated heterocycles. The largest absolute Gasteiger partial charge is 0.401 e. The Hall–Kier alpha value is -0.800. The molecule has 2 atom stereocenters. The molecule has 0 heterocycles. The molecule has 0 amide bonds. The third kappa shape index (κ3) is 5.48. The highest BCUT2D eigenvalue weighted by Gasteiger charge is 2.42. The summed E-state index contributed by atoms with van der Waals surface area (Å²) in [6.45, 7) is 6.57. The summed E-state index contributed by atoms with van der Waals surface area (Å²) in [5, 5.41) is 12.8. The molecule has 0 spiro atoms. The van der Waals surface area contributed by atoms with E-state index in [1.807, 2.05) is 13.8 Å². The summed E-state index contributed by atoms with van der Waals surface area (Å²) in [5.41, 5.74) is -0.699. The molecule has 21 heavy (non-hydrogen) atoms. The molecule has 1 rings (SSSR count). The van der Waals surface area contributed by atoms with E-state index < -0.39 is 18.3 Å². The second-order valence-electron chi connectivity index (χ2n) is 6.62. The topological polar surface area (TPSA) is 39.1 Å². The summed E-state index contributed by atoms with van der Waals surface area (Å²) in [7, 11) is 0. The molecule has 1 fully saturated rings. The van der Waals surface area contributed by atoms with Crippen molar-refractivity contribution in [1.29, 1.82) is 5.26 Å². The summed E-state index contributed by atoms with van der Waals surface area (Å²) in [5.74, 6) is 0. The number of nitrogens with zero attached hydrogens (tertiary/aromatic N) is 2. The molecule has 1 N–H and O–H groups in total. The normalized spacial score (nSPS) is 27.4. The Labute approximate surface area is 125 Å².